The van der Waals surface area contributed by atoms with E-state index in [9.17, 15) is 9.18 Å². The Balaban J connectivity index is 1.58. The second kappa shape index (κ2) is 7.90. The van der Waals surface area contributed by atoms with Gasteiger partial charge in [-0.05, 0) is 29.8 Å². The van der Waals surface area contributed by atoms with E-state index < -0.39 is 6.10 Å². The zero-order valence-electron chi connectivity index (χ0n) is 13.0. The first-order chi connectivity index (χ1) is 11.7. The fraction of sp³-hybridized carbons (Fsp3) is 0.278. The Bertz CT molecular complexity index is 701. The zero-order chi connectivity index (χ0) is 16.8. The molecular formula is C18H18FNO4. The molecule has 2 aromatic carbocycles. The molecule has 1 heterocycles. The van der Waals surface area contributed by atoms with Gasteiger partial charge in [-0.25, -0.2) is 4.39 Å². The lowest BCUT2D eigenvalue weighted by Crippen LogP contribution is -2.39. The van der Waals surface area contributed by atoms with Crippen LogP contribution in [0.2, 0.25) is 0 Å². The highest BCUT2D eigenvalue weighted by Gasteiger charge is 2.22. The van der Waals surface area contributed by atoms with Gasteiger partial charge < -0.3 is 19.5 Å². The minimum Gasteiger partial charge on any atom is -0.489 e. The number of hydrogen-bond donors (Lipinski definition) is 1. The van der Waals surface area contributed by atoms with Gasteiger partial charge in [-0.3, -0.25) is 4.79 Å². The Morgan fingerprint density at radius 1 is 1.21 bits per heavy atom. The quantitative estimate of drug-likeness (QED) is 0.915. The average molecular weight is 331 g/mol. The number of hydrogen-bond acceptors (Lipinski definition) is 4. The smallest absolute Gasteiger partial charge is 0.255 e. The maximum atomic E-state index is 13.2. The molecular weight excluding hydrogens is 313 g/mol. The molecule has 1 aliphatic rings. The highest BCUT2D eigenvalue weighted by atomic mass is 19.1. The Labute approximate surface area is 139 Å². The van der Waals surface area contributed by atoms with Crippen LogP contribution in [0.15, 0.2) is 48.5 Å². The topological polar surface area (TPSA) is 56.8 Å². The van der Waals surface area contributed by atoms with Crippen molar-refractivity contribution < 1.29 is 23.4 Å². The van der Waals surface area contributed by atoms with E-state index in [4.69, 9.17) is 14.2 Å². The van der Waals surface area contributed by atoms with Crippen molar-refractivity contribution in [1.29, 1.82) is 0 Å². The standard InChI is InChI=1S/C18H18FNO4/c19-14-4-1-3-13(9-14)11-24-16-6-2-5-15(10-16)20-18(21)17-12-22-7-8-23-17/h1-6,9-10,17H,7-8,11-12H2,(H,20,21). The number of benzene rings is 2. The summed E-state index contributed by atoms with van der Waals surface area (Å²) in [5, 5.41) is 2.78. The number of carbonyl (C=O) groups is 1. The first-order valence-electron chi connectivity index (χ1n) is 7.68. The summed E-state index contributed by atoms with van der Waals surface area (Å²) in [6.45, 7) is 1.42. The number of anilines is 1. The third kappa shape index (κ3) is 4.53. The number of rotatable bonds is 5. The Morgan fingerprint density at radius 2 is 2.08 bits per heavy atom. The van der Waals surface area contributed by atoms with Crippen molar-refractivity contribution in [3.8, 4) is 5.75 Å². The van der Waals surface area contributed by atoms with Crippen LogP contribution < -0.4 is 10.1 Å². The van der Waals surface area contributed by atoms with Crippen LogP contribution in [0.3, 0.4) is 0 Å². The molecule has 0 spiro atoms. The van der Waals surface area contributed by atoms with Crippen molar-refractivity contribution in [2.24, 2.45) is 0 Å². The lowest BCUT2D eigenvalue weighted by molar-refractivity contribution is -0.142. The second-order valence-electron chi connectivity index (χ2n) is 5.37. The van der Waals surface area contributed by atoms with Gasteiger partial charge in [0.15, 0.2) is 6.10 Å². The van der Waals surface area contributed by atoms with Crippen molar-refractivity contribution in [3.05, 3.63) is 59.9 Å². The molecule has 1 atom stereocenters. The minimum atomic E-state index is -0.601. The molecule has 0 saturated carbocycles. The molecule has 1 unspecified atom stereocenters. The fourth-order valence-corrected chi connectivity index (χ4v) is 2.32. The first kappa shape index (κ1) is 16.4. The monoisotopic (exact) mass is 331 g/mol. The van der Waals surface area contributed by atoms with E-state index in [1.807, 2.05) is 0 Å². The molecule has 0 bridgehead atoms. The average Bonchev–Trinajstić information content (AvgIpc) is 2.61. The molecule has 1 fully saturated rings. The van der Waals surface area contributed by atoms with Crippen LogP contribution in [0.4, 0.5) is 10.1 Å². The largest absolute Gasteiger partial charge is 0.489 e. The third-order valence-corrected chi connectivity index (χ3v) is 3.50. The van der Waals surface area contributed by atoms with Gasteiger partial charge >= 0.3 is 0 Å². The lowest BCUT2D eigenvalue weighted by atomic mass is 10.2. The summed E-state index contributed by atoms with van der Waals surface area (Å²) in [6, 6.07) is 13.2. The molecule has 1 aliphatic heterocycles. The lowest BCUT2D eigenvalue weighted by Gasteiger charge is -2.22. The van der Waals surface area contributed by atoms with Gasteiger partial charge in [-0.1, -0.05) is 18.2 Å². The van der Waals surface area contributed by atoms with Gasteiger partial charge in [-0.15, -0.1) is 0 Å². The van der Waals surface area contributed by atoms with E-state index in [0.29, 0.717) is 24.7 Å². The van der Waals surface area contributed by atoms with Crippen LogP contribution in [0, 0.1) is 5.82 Å². The predicted octanol–water partition coefficient (Wildman–Crippen LogP) is 2.76. The van der Waals surface area contributed by atoms with E-state index in [2.05, 4.69) is 5.32 Å². The summed E-state index contributed by atoms with van der Waals surface area (Å²) in [7, 11) is 0. The van der Waals surface area contributed by atoms with Crippen LogP contribution in [-0.4, -0.2) is 31.8 Å². The summed E-state index contributed by atoms with van der Waals surface area (Å²) in [4.78, 5) is 12.1. The molecule has 0 aromatic heterocycles. The predicted molar refractivity (Wildman–Crippen MR) is 86.4 cm³/mol. The zero-order valence-corrected chi connectivity index (χ0v) is 13.0. The highest BCUT2D eigenvalue weighted by molar-refractivity contribution is 5.94. The van der Waals surface area contributed by atoms with Gasteiger partial charge in [0, 0.05) is 11.8 Å². The third-order valence-electron chi connectivity index (χ3n) is 3.50. The maximum absolute atomic E-state index is 13.2. The summed E-state index contributed by atoms with van der Waals surface area (Å²) in [5.41, 5.74) is 1.34. The number of carbonyl (C=O) groups excluding carboxylic acids is 1. The van der Waals surface area contributed by atoms with Crippen molar-refractivity contribution in [2.75, 3.05) is 25.1 Å². The van der Waals surface area contributed by atoms with E-state index >= 15 is 0 Å². The molecule has 1 saturated heterocycles. The minimum absolute atomic E-state index is 0.245. The van der Waals surface area contributed by atoms with E-state index in [1.54, 1.807) is 36.4 Å². The van der Waals surface area contributed by atoms with Gasteiger partial charge in [0.05, 0.1) is 19.8 Å². The van der Waals surface area contributed by atoms with Crippen molar-refractivity contribution in [3.63, 3.8) is 0 Å². The number of halogens is 1. The maximum Gasteiger partial charge on any atom is 0.255 e. The number of ether oxygens (including phenoxy) is 3. The summed E-state index contributed by atoms with van der Waals surface area (Å²) < 4.78 is 29.4. The van der Waals surface area contributed by atoms with Crippen LogP contribution >= 0.6 is 0 Å². The van der Waals surface area contributed by atoms with Gasteiger partial charge in [0.25, 0.3) is 5.91 Å². The van der Waals surface area contributed by atoms with E-state index in [0.717, 1.165) is 5.56 Å². The molecule has 6 heteroatoms. The molecule has 2 aromatic rings. The van der Waals surface area contributed by atoms with Crippen molar-refractivity contribution in [1.82, 2.24) is 0 Å². The Kier molecular flexibility index (Phi) is 5.40. The molecule has 0 radical (unpaired) electrons. The summed E-state index contributed by atoms with van der Waals surface area (Å²) in [5.74, 6) is 0.0293. The van der Waals surface area contributed by atoms with E-state index in [1.165, 1.54) is 12.1 Å². The summed E-state index contributed by atoms with van der Waals surface area (Å²) >= 11 is 0. The van der Waals surface area contributed by atoms with Crippen LogP contribution in [0.5, 0.6) is 5.75 Å². The molecule has 24 heavy (non-hydrogen) atoms. The van der Waals surface area contributed by atoms with Crippen LogP contribution in [0.1, 0.15) is 5.56 Å². The Morgan fingerprint density at radius 3 is 2.88 bits per heavy atom. The second-order valence-corrected chi connectivity index (χ2v) is 5.37. The summed E-state index contributed by atoms with van der Waals surface area (Å²) in [6.07, 6.45) is -0.601. The molecule has 1 amide bonds. The molecule has 126 valence electrons. The van der Waals surface area contributed by atoms with Gasteiger partial charge in [0.2, 0.25) is 0 Å². The van der Waals surface area contributed by atoms with Gasteiger partial charge in [0.1, 0.15) is 18.2 Å². The Hall–Kier alpha value is -2.44. The van der Waals surface area contributed by atoms with Crippen LogP contribution in [0.25, 0.3) is 0 Å². The molecule has 5 nitrogen and oxygen atoms in total. The number of amides is 1. The highest BCUT2D eigenvalue weighted by Crippen LogP contribution is 2.19. The molecule has 3 rings (SSSR count). The molecule has 0 aliphatic carbocycles. The fourth-order valence-electron chi connectivity index (χ4n) is 2.32. The van der Waals surface area contributed by atoms with Gasteiger partial charge in [-0.2, -0.15) is 0 Å². The normalized spacial score (nSPS) is 17.3. The van der Waals surface area contributed by atoms with E-state index in [-0.39, 0.29) is 24.9 Å². The van der Waals surface area contributed by atoms with Crippen molar-refractivity contribution in [2.45, 2.75) is 12.7 Å². The first-order valence-corrected chi connectivity index (χ1v) is 7.68. The van der Waals surface area contributed by atoms with Crippen molar-refractivity contribution >= 4 is 11.6 Å². The number of nitrogens with one attached hydrogen (secondary N) is 1. The SMILES string of the molecule is O=C(Nc1cccc(OCc2cccc(F)c2)c1)C1COCCO1. The molecule has 1 N–H and O–H groups in total. The van der Waals surface area contributed by atoms with Crippen LogP contribution in [-0.2, 0) is 20.9 Å².